The van der Waals surface area contributed by atoms with Crippen molar-refractivity contribution in [3.8, 4) is 5.75 Å². The van der Waals surface area contributed by atoms with E-state index in [1.54, 1.807) is 18.2 Å². The van der Waals surface area contributed by atoms with E-state index in [4.69, 9.17) is 4.74 Å². The number of aromatic nitrogens is 1. The second-order valence-corrected chi connectivity index (χ2v) is 4.69. The number of alkyl halides is 2. The SMILES string of the molecule is COc1ccc2c(c1)C(F)(F)CN2C(=O)c1ccccn1. The maximum atomic E-state index is 14.1. The number of hydrogen-bond acceptors (Lipinski definition) is 3. The van der Waals surface area contributed by atoms with Gasteiger partial charge in [-0.05, 0) is 30.3 Å². The molecule has 1 aromatic heterocycles. The maximum Gasteiger partial charge on any atom is 0.293 e. The molecule has 0 bridgehead atoms. The van der Waals surface area contributed by atoms with Crippen molar-refractivity contribution in [3.63, 3.8) is 0 Å². The summed E-state index contributed by atoms with van der Waals surface area (Å²) in [6.07, 6.45) is 1.45. The number of nitrogens with zero attached hydrogens (tertiary/aromatic N) is 2. The van der Waals surface area contributed by atoms with Crippen LogP contribution in [0.5, 0.6) is 5.75 Å². The van der Waals surface area contributed by atoms with Crippen molar-refractivity contribution in [2.75, 3.05) is 18.6 Å². The molecule has 2 aromatic rings. The first kappa shape index (κ1) is 13.5. The Labute approximate surface area is 120 Å². The molecule has 0 spiro atoms. The minimum absolute atomic E-state index is 0.136. The first-order chi connectivity index (χ1) is 10.0. The van der Waals surface area contributed by atoms with Crippen molar-refractivity contribution in [1.29, 1.82) is 0 Å². The highest BCUT2D eigenvalue weighted by atomic mass is 19.3. The molecule has 0 fully saturated rings. The molecule has 108 valence electrons. The van der Waals surface area contributed by atoms with Gasteiger partial charge in [0.05, 0.1) is 24.9 Å². The summed E-state index contributed by atoms with van der Waals surface area (Å²) in [5, 5.41) is 0. The maximum absolute atomic E-state index is 14.1. The zero-order valence-electron chi connectivity index (χ0n) is 11.2. The third-order valence-electron chi connectivity index (χ3n) is 3.37. The molecule has 0 saturated carbocycles. The number of carbonyl (C=O) groups excluding carboxylic acids is 1. The normalized spacial score (nSPS) is 15.7. The van der Waals surface area contributed by atoms with Gasteiger partial charge in [-0.2, -0.15) is 8.78 Å². The molecule has 6 heteroatoms. The van der Waals surface area contributed by atoms with Crippen LogP contribution in [0.4, 0.5) is 14.5 Å². The largest absolute Gasteiger partial charge is 0.497 e. The number of halogens is 2. The zero-order chi connectivity index (χ0) is 15.0. The smallest absolute Gasteiger partial charge is 0.293 e. The van der Waals surface area contributed by atoms with E-state index in [0.717, 1.165) is 4.90 Å². The topological polar surface area (TPSA) is 42.4 Å². The van der Waals surface area contributed by atoms with E-state index in [9.17, 15) is 13.6 Å². The molecule has 3 rings (SSSR count). The average molecular weight is 290 g/mol. The molecule has 1 amide bonds. The predicted molar refractivity (Wildman–Crippen MR) is 72.8 cm³/mol. The highest BCUT2D eigenvalue weighted by molar-refractivity contribution is 6.06. The van der Waals surface area contributed by atoms with E-state index in [0.29, 0.717) is 5.75 Å². The van der Waals surface area contributed by atoms with Crippen molar-refractivity contribution < 1.29 is 18.3 Å². The fraction of sp³-hybridized carbons (Fsp3) is 0.200. The van der Waals surface area contributed by atoms with Gasteiger partial charge < -0.3 is 9.64 Å². The van der Waals surface area contributed by atoms with E-state index in [-0.39, 0.29) is 16.9 Å². The molecule has 0 unspecified atom stereocenters. The van der Waals surface area contributed by atoms with Crippen molar-refractivity contribution in [3.05, 3.63) is 53.9 Å². The Kier molecular flexibility index (Phi) is 3.08. The molecule has 4 nitrogen and oxygen atoms in total. The lowest BCUT2D eigenvalue weighted by Gasteiger charge is -2.16. The van der Waals surface area contributed by atoms with Gasteiger partial charge in [0.15, 0.2) is 0 Å². The van der Waals surface area contributed by atoms with Gasteiger partial charge in [0, 0.05) is 6.20 Å². The number of fused-ring (bicyclic) bond motifs is 1. The Hall–Kier alpha value is -2.50. The summed E-state index contributed by atoms with van der Waals surface area (Å²) in [5.74, 6) is -3.31. The van der Waals surface area contributed by atoms with Gasteiger partial charge in [0.25, 0.3) is 11.8 Å². The van der Waals surface area contributed by atoms with Crippen LogP contribution in [-0.2, 0) is 5.92 Å². The molecular weight excluding hydrogens is 278 g/mol. The van der Waals surface area contributed by atoms with Gasteiger partial charge in [-0.3, -0.25) is 9.78 Å². The number of pyridine rings is 1. The van der Waals surface area contributed by atoms with Crippen LogP contribution in [0.2, 0.25) is 0 Å². The van der Waals surface area contributed by atoms with Gasteiger partial charge in [0.1, 0.15) is 11.4 Å². The second kappa shape index (κ2) is 4.80. The third-order valence-corrected chi connectivity index (χ3v) is 3.37. The van der Waals surface area contributed by atoms with Crippen LogP contribution in [0.3, 0.4) is 0 Å². The van der Waals surface area contributed by atoms with Crippen molar-refractivity contribution in [2.45, 2.75) is 5.92 Å². The lowest BCUT2D eigenvalue weighted by Crippen LogP contribution is -2.33. The van der Waals surface area contributed by atoms with Crippen molar-refractivity contribution in [1.82, 2.24) is 4.98 Å². The van der Waals surface area contributed by atoms with Crippen molar-refractivity contribution >= 4 is 11.6 Å². The minimum Gasteiger partial charge on any atom is -0.497 e. The number of ether oxygens (including phenoxy) is 1. The Morgan fingerprint density at radius 1 is 1.33 bits per heavy atom. The second-order valence-electron chi connectivity index (χ2n) is 4.69. The van der Waals surface area contributed by atoms with E-state index < -0.39 is 18.4 Å². The highest BCUT2D eigenvalue weighted by Gasteiger charge is 2.46. The van der Waals surface area contributed by atoms with E-state index >= 15 is 0 Å². The summed E-state index contributed by atoms with van der Waals surface area (Å²) < 4.78 is 33.2. The number of carbonyl (C=O) groups is 1. The van der Waals surface area contributed by atoms with Crippen LogP contribution >= 0.6 is 0 Å². The first-order valence-corrected chi connectivity index (χ1v) is 6.32. The number of rotatable bonds is 2. The summed E-state index contributed by atoms with van der Waals surface area (Å²) in [5.41, 5.74) is 0.125. The molecule has 0 aliphatic carbocycles. The molecule has 1 aliphatic heterocycles. The van der Waals surface area contributed by atoms with E-state index in [1.165, 1.54) is 31.5 Å². The molecule has 0 N–H and O–H groups in total. The minimum atomic E-state index is -3.10. The number of hydrogen-bond donors (Lipinski definition) is 0. The van der Waals surface area contributed by atoms with Crippen LogP contribution in [0.1, 0.15) is 16.1 Å². The molecule has 1 aromatic carbocycles. The van der Waals surface area contributed by atoms with Gasteiger partial charge >= 0.3 is 0 Å². The number of benzene rings is 1. The molecule has 0 atom stereocenters. The summed E-state index contributed by atoms with van der Waals surface area (Å²) in [4.78, 5) is 17.3. The van der Waals surface area contributed by atoms with Gasteiger partial charge in [0.2, 0.25) is 0 Å². The van der Waals surface area contributed by atoms with Crippen LogP contribution in [0.15, 0.2) is 42.6 Å². The van der Waals surface area contributed by atoms with Crippen LogP contribution in [-0.4, -0.2) is 24.5 Å². The fourth-order valence-corrected chi connectivity index (χ4v) is 2.35. The number of methoxy groups -OCH3 is 1. The van der Waals surface area contributed by atoms with E-state index in [2.05, 4.69) is 4.98 Å². The van der Waals surface area contributed by atoms with Gasteiger partial charge in [-0.15, -0.1) is 0 Å². The highest BCUT2D eigenvalue weighted by Crippen LogP contribution is 2.45. The lowest BCUT2D eigenvalue weighted by atomic mass is 10.1. The summed E-state index contributed by atoms with van der Waals surface area (Å²) in [6, 6.07) is 9.09. The van der Waals surface area contributed by atoms with Crippen molar-refractivity contribution in [2.24, 2.45) is 0 Å². The number of amides is 1. The molecule has 1 aliphatic rings. The predicted octanol–water partition coefficient (Wildman–Crippen LogP) is 2.84. The Bertz CT molecular complexity index is 689. The van der Waals surface area contributed by atoms with Crippen LogP contribution in [0, 0.1) is 0 Å². The first-order valence-electron chi connectivity index (χ1n) is 6.32. The molecule has 21 heavy (non-hydrogen) atoms. The van der Waals surface area contributed by atoms with E-state index in [1.807, 2.05) is 0 Å². The van der Waals surface area contributed by atoms with Crippen LogP contribution in [0.25, 0.3) is 0 Å². The summed E-state index contributed by atoms with van der Waals surface area (Å²) >= 11 is 0. The summed E-state index contributed by atoms with van der Waals surface area (Å²) in [7, 11) is 1.41. The van der Waals surface area contributed by atoms with Crippen LogP contribution < -0.4 is 9.64 Å². The Morgan fingerprint density at radius 2 is 2.14 bits per heavy atom. The molecule has 2 heterocycles. The van der Waals surface area contributed by atoms with Gasteiger partial charge in [-0.25, -0.2) is 0 Å². The quantitative estimate of drug-likeness (QED) is 0.854. The zero-order valence-corrected chi connectivity index (χ0v) is 11.2. The van der Waals surface area contributed by atoms with Gasteiger partial charge in [-0.1, -0.05) is 6.07 Å². The molecule has 0 saturated heterocycles. The lowest BCUT2D eigenvalue weighted by molar-refractivity contribution is 0.0136. The number of anilines is 1. The standard InChI is InChI=1S/C15H12F2N2O2/c1-21-10-5-6-13-11(8-10)15(16,17)9-19(13)14(20)12-4-2-3-7-18-12/h2-8H,9H2,1H3. The average Bonchev–Trinajstić information content (AvgIpc) is 2.78. The third kappa shape index (κ3) is 2.22. The monoisotopic (exact) mass is 290 g/mol. The Balaban J connectivity index is 2.03. The molecular formula is C15H12F2N2O2. The Morgan fingerprint density at radius 3 is 2.81 bits per heavy atom. The summed E-state index contributed by atoms with van der Waals surface area (Å²) in [6.45, 7) is -0.690. The fourth-order valence-electron chi connectivity index (χ4n) is 2.35. The molecule has 0 radical (unpaired) electrons.